The molecule has 2 aromatic carbocycles. The zero-order chi connectivity index (χ0) is 32.7. The lowest BCUT2D eigenvalue weighted by Crippen LogP contribution is -2.47. The number of carbonyl (C=O) groups excluding carboxylic acids is 1. The molecule has 2 amide bonds. The number of benzene rings is 2. The van der Waals surface area contributed by atoms with Crippen LogP contribution in [0.25, 0.3) is 5.69 Å². The minimum Gasteiger partial charge on any atom is -0.485 e. The van der Waals surface area contributed by atoms with Crippen molar-refractivity contribution in [2.75, 3.05) is 26.4 Å². The van der Waals surface area contributed by atoms with Crippen molar-refractivity contribution in [2.24, 2.45) is 5.41 Å². The molecule has 1 saturated heterocycles. The number of carbonyl (C=O) groups is 2. The number of hydrogen-bond donors (Lipinski definition) is 2. The molecule has 1 atom stereocenters. The molecule has 0 bridgehead atoms. The molecule has 1 unspecified atom stereocenters. The van der Waals surface area contributed by atoms with Crippen molar-refractivity contribution in [3.8, 4) is 17.2 Å². The molecule has 1 aromatic heterocycles. The third-order valence-corrected chi connectivity index (χ3v) is 7.59. The van der Waals surface area contributed by atoms with E-state index < -0.39 is 47.7 Å². The predicted octanol–water partition coefficient (Wildman–Crippen LogP) is 4.51. The minimum absolute atomic E-state index is 0.0202. The monoisotopic (exact) mass is 636 g/mol. The molecule has 3 aromatic rings. The Kier molecular flexibility index (Phi) is 8.58. The van der Waals surface area contributed by atoms with Gasteiger partial charge in [0.2, 0.25) is 0 Å². The largest absolute Gasteiger partial charge is 0.485 e. The van der Waals surface area contributed by atoms with Gasteiger partial charge >= 0.3 is 18.0 Å². The maximum atomic E-state index is 14.9. The summed E-state index contributed by atoms with van der Waals surface area (Å²) in [5, 5.41) is 12.5. The summed E-state index contributed by atoms with van der Waals surface area (Å²) in [5.74, 6) is -1.24. The molecule has 11 nitrogen and oxygen atoms in total. The number of amides is 2. The summed E-state index contributed by atoms with van der Waals surface area (Å²) in [4.78, 5) is 41.0. The lowest BCUT2D eigenvalue weighted by atomic mass is 9.85. The Morgan fingerprint density at radius 2 is 1.73 bits per heavy atom. The van der Waals surface area contributed by atoms with Crippen LogP contribution >= 0.6 is 0 Å². The van der Waals surface area contributed by atoms with Crippen molar-refractivity contribution in [3.63, 3.8) is 0 Å². The lowest BCUT2D eigenvalue weighted by Gasteiger charge is -2.39. The van der Waals surface area contributed by atoms with E-state index in [1.165, 1.54) is 41.0 Å². The quantitative estimate of drug-likeness (QED) is 0.349. The van der Waals surface area contributed by atoms with E-state index in [0.717, 1.165) is 9.47 Å². The summed E-state index contributed by atoms with van der Waals surface area (Å²) < 4.78 is 70.7. The highest BCUT2D eigenvalue weighted by Gasteiger charge is 2.41. The van der Waals surface area contributed by atoms with Crippen LogP contribution in [0.2, 0.25) is 0 Å². The molecule has 0 radical (unpaired) electrons. The van der Waals surface area contributed by atoms with E-state index >= 15 is 0 Å². The maximum absolute atomic E-state index is 14.9. The van der Waals surface area contributed by atoms with Gasteiger partial charge < -0.3 is 29.5 Å². The number of hydrogen-bond acceptors (Lipinski definition) is 6. The van der Waals surface area contributed by atoms with Crippen LogP contribution in [0.4, 0.5) is 22.4 Å². The lowest BCUT2D eigenvalue weighted by molar-refractivity contribution is -0.153. The summed E-state index contributed by atoms with van der Waals surface area (Å²) in [5.41, 5.74) is -1.07. The summed E-state index contributed by atoms with van der Waals surface area (Å²) in [6.45, 7) is 4.21. The number of imidazole rings is 1. The third-order valence-electron chi connectivity index (χ3n) is 7.59. The Morgan fingerprint density at radius 1 is 1.07 bits per heavy atom. The molecule has 0 spiro atoms. The van der Waals surface area contributed by atoms with Gasteiger partial charge in [0.25, 0.3) is 5.91 Å². The highest BCUT2D eigenvalue weighted by Crippen LogP contribution is 2.36. The molecule has 2 aliphatic heterocycles. The smallest absolute Gasteiger partial charge is 0.422 e. The molecule has 2 aliphatic rings. The van der Waals surface area contributed by atoms with Gasteiger partial charge in [0.15, 0.2) is 6.61 Å². The van der Waals surface area contributed by atoms with Crippen molar-refractivity contribution >= 4 is 12.0 Å². The molecule has 242 valence electrons. The number of aromatic nitrogens is 2. The Morgan fingerprint density at radius 3 is 2.29 bits per heavy atom. The SMILES string of the molecule is CC(C)(C)C1CN(C(=O)O)Cc2c(C(=O)NCc3ccc(OC4COC4)cc3F)n(-c3ccc(OCC(F)(F)F)cc3)c(=O)n21. The molecule has 1 fully saturated rings. The van der Waals surface area contributed by atoms with E-state index in [-0.39, 0.29) is 54.1 Å². The average Bonchev–Trinajstić information content (AvgIpc) is 3.24. The van der Waals surface area contributed by atoms with Gasteiger partial charge in [0.05, 0.1) is 37.2 Å². The first-order valence-corrected chi connectivity index (χ1v) is 14.1. The maximum Gasteiger partial charge on any atom is 0.422 e. The van der Waals surface area contributed by atoms with Crippen molar-refractivity contribution in [1.29, 1.82) is 0 Å². The summed E-state index contributed by atoms with van der Waals surface area (Å²) in [6, 6.07) is 8.63. The predicted molar refractivity (Wildman–Crippen MR) is 151 cm³/mol. The van der Waals surface area contributed by atoms with E-state index in [0.29, 0.717) is 19.0 Å². The topological polar surface area (TPSA) is 124 Å². The van der Waals surface area contributed by atoms with Crippen LogP contribution in [0, 0.1) is 11.2 Å². The van der Waals surface area contributed by atoms with Gasteiger partial charge in [0, 0.05) is 24.7 Å². The second-order valence-electron chi connectivity index (χ2n) is 11.9. The van der Waals surface area contributed by atoms with E-state index in [1.54, 1.807) is 6.07 Å². The molecular formula is C30H32F4N4O7. The fourth-order valence-corrected chi connectivity index (χ4v) is 5.18. The second-order valence-corrected chi connectivity index (χ2v) is 11.9. The van der Waals surface area contributed by atoms with Gasteiger partial charge in [-0.1, -0.05) is 26.8 Å². The van der Waals surface area contributed by atoms with Crippen LogP contribution in [0.1, 0.15) is 48.6 Å². The van der Waals surface area contributed by atoms with E-state index in [9.17, 15) is 37.1 Å². The zero-order valence-electron chi connectivity index (χ0n) is 24.7. The number of alkyl halides is 3. The van der Waals surface area contributed by atoms with Crippen molar-refractivity contribution in [1.82, 2.24) is 19.4 Å². The van der Waals surface area contributed by atoms with Gasteiger partial charge in [0.1, 0.15) is 29.1 Å². The molecule has 15 heteroatoms. The Bertz CT molecular complexity index is 1640. The summed E-state index contributed by atoms with van der Waals surface area (Å²) >= 11 is 0. The normalized spacial score (nSPS) is 17.0. The van der Waals surface area contributed by atoms with Crippen molar-refractivity contribution in [2.45, 2.75) is 52.2 Å². The first kappa shape index (κ1) is 31.9. The van der Waals surface area contributed by atoms with Crippen molar-refractivity contribution < 1.29 is 46.5 Å². The standard InChI is InChI=1S/C30H32F4N4O7/c1-29(2,3)24-13-36(28(41)42)12-23-25(26(39)35-11-17-4-7-20(10-22(17)31)45-21-14-43-15-21)37(27(40)38(23)24)18-5-8-19(9-6-18)44-16-30(32,33)34/h4-10,21,24H,11-16H2,1-3H3,(H,35,39)(H,41,42). The summed E-state index contributed by atoms with van der Waals surface area (Å²) in [6.07, 6.45) is -5.97. The molecule has 3 heterocycles. The van der Waals surface area contributed by atoms with Gasteiger partial charge in [-0.25, -0.2) is 14.0 Å². The Balaban J connectivity index is 1.51. The van der Waals surface area contributed by atoms with Crippen LogP contribution in [0.3, 0.4) is 0 Å². The van der Waals surface area contributed by atoms with Gasteiger partial charge in [-0.05, 0) is 35.7 Å². The highest BCUT2D eigenvalue weighted by molar-refractivity contribution is 5.94. The first-order chi connectivity index (χ1) is 21.1. The van der Waals surface area contributed by atoms with Crippen LogP contribution < -0.4 is 20.5 Å². The van der Waals surface area contributed by atoms with Gasteiger partial charge in [-0.2, -0.15) is 13.2 Å². The molecule has 2 N–H and O–H groups in total. The highest BCUT2D eigenvalue weighted by atomic mass is 19.4. The zero-order valence-corrected chi connectivity index (χ0v) is 24.7. The van der Waals surface area contributed by atoms with Crippen molar-refractivity contribution in [3.05, 3.63) is 75.7 Å². The van der Waals surface area contributed by atoms with Crippen LogP contribution in [-0.4, -0.2) is 69.8 Å². The Labute approximate surface area is 254 Å². The minimum atomic E-state index is -4.56. The van der Waals surface area contributed by atoms with Crippen LogP contribution in [0.15, 0.2) is 47.3 Å². The third kappa shape index (κ3) is 6.92. The number of fused-ring (bicyclic) bond motifs is 1. The van der Waals surface area contributed by atoms with E-state index in [2.05, 4.69) is 5.32 Å². The van der Waals surface area contributed by atoms with Gasteiger partial charge in [-0.3, -0.25) is 13.9 Å². The second kappa shape index (κ2) is 12.1. The number of halogens is 4. The first-order valence-electron chi connectivity index (χ1n) is 14.1. The number of nitrogens with zero attached hydrogens (tertiary/aromatic N) is 3. The van der Waals surface area contributed by atoms with Crippen LogP contribution in [-0.2, 0) is 17.8 Å². The molecular weight excluding hydrogens is 604 g/mol. The molecule has 0 aliphatic carbocycles. The summed E-state index contributed by atoms with van der Waals surface area (Å²) in [7, 11) is 0. The van der Waals surface area contributed by atoms with E-state index in [1.807, 2.05) is 20.8 Å². The molecule has 45 heavy (non-hydrogen) atoms. The fourth-order valence-electron chi connectivity index (χ4n) is 5.18. The number of ether oxygens (including phenoxy) is 3. The average molecular weight is 637 g/mol. The number of rotatable bonds is 8. The fraction of sp³-hybridized carbons (Fsp3) is 0.433. The van der Waals surface area contributed by atoms with E-state index in [4.69, 9.17) is 14.2 Å². The number of nitrogens with one attached hydrogen (secondary N) is 1. The molecule has 0 saturated carbocycles. The number of carboxylic acid groups (broad SMARTS) is 1. The molecule has 5 rings (SSSR count). The van der Waals surface area contributed by atoms with Crippen LogP contribution in [0.5, 0.6) is 11.5 Å². The Hall–Kier alpha value is -4.53. The van der Waals surface area contributed by atoms with Gasteiger partial charge in [-0.15, -0.1) is 0 Å².